The third-order valence-corrected chi connectivity index (χ3v) is 17.0. The number of ether oxygens (including phenoxy) is 2. The molecule has 62 heavy (non-hydrogen) atoms. The number of hydrogen-bond acceptors (Lipinski definition) is 28. The zero-order valence-electron chi connectivity index (χ0n) is 30.1. The first-order valence-corrected chi connectivity index (χ1v) is 24.8. The normalized spacial score (nSPS) is 30.1. The quantitative estimate of drug-likeness (QED) is 0.0477. The van der Waals surface area contributed by atoms with Crippen molar-refractivity contribution in [1.82, 2.24) is 45.2 Å². The Morgan fingerprint density at radius 2 is 0.823 bits per heavy atom. The van der Waals surface area contributed by atoms with Crippen LogP contribution in [0.15, 0.2) is 25.3 Å². The zero-order valence-corrected chi connectivity index (χ0v) is 35.4. The number of fused-ring (bicyclic) bond motifs is 2. The molecular formula is C20H33N11O25P6. The average Bonchev–Trinajstić information content (AvgIpc) is 3.86. The van der Waals surface area contributed by atoms with Crippen molar-refractivity contribution in [2.24, 2.45) is 0 Å². The number of aromatic nitrogens is 8. The van der Waals surface area contributed by atoms with E-state index in [1.54, 1.807) is 0 Å². The van der Waals surface area contributed by atoms with E-state index in [0.29, 0.717) is 0 Å². The van der Waals surface area contributed by atoms with E-state index < -0.39 is 109 Å². The molecule has 0 saturated carbocycles. The van der Waals surface area contributed by atoms with Crippen LogP contribution in [0.3, 0.4) is 0 Å². The van der Waals surface area contributed by atoms with Gasteiger partial charge in [-0.05, 0) is 0 Å². The van der Waals surface area contributed by atoms with Gasteiger partial charge in [-0.15, -0.1) is 0 Å². The minimum absolute atomic E-state index is 0. The van der Waals surface area contributed by atoms with Crippen molar-refractivity contribution >= 4 is 80.9 Å². The lowest BCUT2D eigenvalue weighted by molar-refractivity contribution is -0.0503. The van der Waals surface area contributed by atoms with E-state index in [0.717, 1.165) is 34.4 Å². The second-order valence-electron chi connectivity index (χ2n) is 12.1. The Bertz CT molecular complexity index is 2410. The molecule has 17 N–H and O–H groups in total. The third-order valence-electron chi connectivity index (χ3n) is 7.83. The summed E-state index contributed by atoms with van der Waals surface area (Å²) < 4.78 is 114. The third kappa shape index (κ3) is 11.6. The molecule has 42 heteroatoms. The van der Waals surface area contributed by atoms with Crippen molar-refractivity contribution in [1.29, 1.82) is 0 Å². The largest absolute Gasteiger partial charge is 0.490 e. The highest BCUT2D eigenvalue weighted by Gasteiger charge is 2.52. The molecule has 14 atom stereocenters. The van der Waals surface area contributed by atoms with E-state index >= 15 is 0 Å². The fourth-order valence-electron chi connectivity index (χ4n) is 5.40. The van der Waals surface area contributed by atoms with Gasteiger partial charge >= 0.3 is 46.9 Å². The summed E-state index contributed by atoms with van der Waals surface area (Å²) in [4.78, 5) is 82.2. The van der Waals surface area contributed by atoms with Gasteiger partial charge in [-0.2, -0.15) is 21.6 Å². The maximum atomic E-state index is 12.4. The highest BCUT2D eigenvalue weighted by atomic mass is 31.3. The van der Waals surface area contributed by atoms with Gasteiger partial charge in [0.05, 0.1) is 25.9 Å². The predicted octanol–water partition coefficient (Wildman–Crippen LogP) is -2.05. The molecular weight excluding hydrogens is 980 g/mol. The molecule has 4 aromatic heterocycles. The average molecular weight is 1010 g/mol. The number of nitrogens with zero attached hydrogens (tertiary/aromatic N) is 8. The van der Waals surface area contributed by atoms with E-state index in [4.69, 9.17) is 20.9 Å². The highest BCUT2D eigenvalue weighted by Crippen LogP contribution is 2.75. The standard InChI is InChI=1S/C20H30N10O25P6.H3N/c21-15-9-17(25-3-23-15)29(5-27-9)19-13(33)11(31)7(49-19)1-47-56(35,36)51-58(39,40)53-60(43,44)55-61(45,46)54-59(41,42)52-57(37,38)48-2-8-12(32)14(34)20(50-8)30-6-28-10-16(22)24-4-26-18(10)30;/h3-8,11-14,19-20,31-34H,1-2H2,(H,35,36)(H,37,38)(H,39,40)(H,41,42)(H,43,44)(H,45,46)(H2,21,23,25)(H2,22,24,26);1H3. The summed E-state index contributed by atoms with van der Waals surface area (Å²) in [5.41, 5.74) is 11.6. The number of aliphatic hydroxyl groups excluding tert-OH is 4. The number of nitrogens with two attached hydrogens (primary N) is 2. The molecule has 2 aliphatic heterocycles. The zero-order chi connectivity index (χ0) is 45.1. The molecule has 0 radical (unpaired) electrons. The first-order valence-electron chi connectivity index (χ1n) is 15.8. The Hall–Kier alpha value is -2.72. The molecule has 2 aliphatic rings. The van der Waals surface area contributed by atoms with E-state index in [1.165, 1.54) is 0 Å². The van der Waals surface area contributed by atoms with Gasteiger partial charge in [-0.3, -0.25) is 18.2 Å². The van der Waals surface area contributed by atoms with Crippen LogP contribution < -0.4 is 17.6 Å². The van der Waals surface area contributed by atoms with Crippen LogP contribution in [-0.4, -0.2) is 139 Å². The first kappa shape index (κ1) is 50.3. The van der Waals surface area contributed by atoms with Gasteiger partial charge < -0.3 is 76.9 Å². The van der Waals surface area contributed by atoms with Gasteiger partial charge in [-0.25, -0.2) is 57.3 Å². The van der Waals surface area contributed by atoms with Crippen molar-refractivity contribution in [3.63, 3.8) is 0 Å². The summed E-state index contributed by atoms with van der Waals surface area (Å²) in [6.45, 7) is -2.43. The van der Waals surface area contributed by atoms with Crippen molar-refractivity contribution < 1.29 is 117 Å². The number of rotatable bonds is 18. The lowest BCUT2D eigenvalue weighted by atomic mass is 10.1. The second kappa shape index (κ2) is 18.3. The molecule has 6 rings (SSSR count). The Morgan fingerprint density at radius 1 is 0.516 bits per heavy atom. The van der Waals surface area contributed by atoms with Crippen LogP contribution in [-0.2, 0) is 67.5 Å². The molecule has 0 amide bonds. The number of aliphatic hydroxyl groups is 4. The van der Waals surface area contributed by atoms with E-state index in [2.05, 4.69) is 60.5 Å². The summed E-state index contributed by atoms with van der Waals surface area (Å²) in [5, 5.41) is 41.8. The predicted molar refractivity (Wildman–Crippen MR) is 193 cm³/mol. The smallest absolute Gasteiger partial charge is 0.387 e. The first-order chi connectivity index (χ1) is 28.1. The SMILES string of the molecule is N.Nc1ncnc2c1ncn2C1OC(COP(=O)(O)OP(=O)(O)OP(=O)(O)OP(=O)(O)OP(=O)(O)OP(=O)(O)OCC2OC(n3cnc4c(N)ncnc43)C(O)C2O)C(O)C1O. The lowest BCUT2D eigenvalue weighted by Crippen LogP contribution is -2.33. The molecule has 6 heterocycles. The minimum Gasteiger partial charge on any atom is -0.387 e. The number of nitrogen functional groups attached to an aromatic ring is 2. The molecule has 14 unspecified atom stereocenters. The molecule has 0 spiro atoms. The maximum absolute atomic E-state index is 12.4. The fraction of sp³-hybridized carbons (Fsp3) is 0.500. The number of phosphoric acid groups is 6. The van der Waals surface area contributed by atoms with Gasteiger partial charge in [0.25, 0.3) is 0 Å². The van der Waals surface area contributed by atoms with Crippen LogP contribution in [0.4, 0.5) is 11.6 Å². The number of phosphoric ester groups is 2. The number of imidazole rings is 2. The Balaban J connectivity index is 0.00000726. The Kier molecular flexibility index (Phi) is 14.8. The molecule has 0 aliphatic carbocycles. The Morgan fingerprint density at radius 3 is 1.15 bits per heavy atom. The molecule has 36 nitrogen and oxygen atoms in total. The van der Waals surface area contributed by atoms with Crippen molar-refractivity contribution in [3.8, 4) is 0 Å². The maximum Gasteiger partial charge on any atom is 0.490 e. The van der Waals surface area contributed by atoms with Crippen molar-refractivity contribution in [2.75, 3.05) is 24.7 Å². The molecule has 348 valence electrons. The molecule has 0 bridgehead atoms. The van der Waals surface area contributed by atoms with Crippen LogP contribution in [0.5, 0.6) is 0 Å². The van der Waals surface area contributed by atoms with E-state index in [1.807, 2.05) is 0 Å². The van der Waals surface area contributed by atoms with E-state index in [-0.39, 0.29) is 40.1 Å². The number of anilines is 2. The molecule has 2 saturated heterocycles. The number of hydrogen-bond donors (Lipinski definition) is 13. The Labute approximate surface area is 342 Å². The molecule has 4 aromatic rings. The second-order valence-corrected chi connectivity index (χ2v) is 21.5. The highest BCUT2D eigenvalue weighted by molar-refractivity contribution is 7.72. The topological polar surface area (TPSA) is 562 Å². The molecule has 0 aromatic carbocycles. The monoisotopic (exact) mass is 1010 g/mol. The van der Waals surface area contributed by atoms with Gasteiger partial charge in [0.2, 0.25) is 0 Å². The van der Waals surface area contributed by atoms with Gasteiger partial charge in [0.1, 0.15) is 60.3 Å². The van der Waals surface area contributed by atoms with Crippen LogP contribution in [0.25, 0.3) is 22.3 Å². The minimum atomic E-state index is -6.59. The molecule has 2 fully saturated rings. The fourth-order valence-corrected chi connectivity index (χ4v) is 13.2. The summed E-state index contributed by atoms with van der Waals surface area (Å²) in [7, 11) is -37.9. The van der Waals surface area contributed by atoms with Crippen LogP contribution >= 0.6 is 46.9 Å². The van der Waals surface area contributed by atoms with Gasteiger partial charge in [0, 0.05) is 0 Å². The summed E-state index contributed by atoms with van der Waals surface area (Å²) in [5.74, 6) is -0.117. The van der Waals surface area contributed by atoms with Crippen LogP contribution in [0, 0.1) is 0 Å². The summed E-state index contributed by atoms with van der Waals surface area (Å²) >= 11 is 0. The van der Waals surface area contributed by atoms with Gasteiger partial charge in [0.15, 0.2) is 35.4 Å². The van der Waals surface area contributed by atoms with Gasteiger partial charge in [-0.1, -0.05) is 0 Å². The van der Waals surface area contributed by atoms with E-state index in [9.17, 15) is 77.2 Å². The van der Waals surface area contributed by atoms with Crippen LogP contribution in [0.1, 0.15) is 12.5 Å². The van der Waals surface area contributed by atoms with Crippen molar-refractivity contribution in [2.45, 2.75) is 49.1 Å². The summed E-state index contributed by atoms with van der Waals surface area (Å²) in [6.07, 6.45) is -9.40. The lowest BCUT2D eigenvalue weighted by Gasteiger charge is -2.22. The summed E-state index contributed by atoms with van der Waals surface area (Å²) in [6, 6.07) is 0. The van der Waals surface area contributed by atoms with Crippen LogP contribution in [0.2, 0.25) is 0 Å². The van der Waals surface area contributed by atoms with Crippen molar-refractivity contribution in [3.05, 3.63) is 25.3 Å².